The Morgan fingerprint density at radius 2 is 2.33 bits per heavy atom. The summed E-state index contributed by atoms with van der Waals surface area (Å²) in [7, 11) is 1.60. The molecule has 0 aromatic heterocycles. The number of hydrogen-bond donors (Lipinski definition) is 2. The maximum Gasteiger partial charge on any atom is 0.249 e. The summed E-state index contributed by atoms with van der Waals surface area (Å²) >= 11 is 6.16. The molecule has 1 aromatic carbocycles. The fourth-order valence-electron chi connectivity index (χ4n) is 2.36. The standard InChI is InChI=1S/C15H21ClN2O3/c1-20-11-3-2-10(13(16)8-11)6-7-18-15(19)14-5-4-12(9-17)21-14/h2-3,8,12,14H,4-7,9,17H2,1H3,(H,18,19)/t12-,14+/m1/s1. The molecular formula is C15H21ClN2O3. The number of carbonyl (C=O) groups is 1. The molecule has 1 saturated heterocycles. The van der Waals surface area contributed by atoms with E-state index < -0.39 is 0 Å². The maximum atomic E-state index is 12.0. The summed E-state index contributed by atoms with van der Waals surface area (Å²) in [5.74, 6) is 0.649. The van der Waals surface area contributed by atoms with Crippen molar-refractivity contribution in [3.63, 3.8) is 0 Å². The molecule has 116 valence electrons. The molecule has 5 nitrogen and oxygen atoms in total. The van der Waals surface area contributed by atoms with Crippen LogP contribution in [-0.4, -0.2) is 38.3 Å². The third-order valence-electron chi connectivity index (χ3n) is 3.62. The van der Waals surface area contributed by atoms with Crippen molar-refractivity contribution in [3.05, 3.63) is 28.8 Å². The number of ether oxygens (including phenoxy) is 2. The summed E-state index contributed by atoms with van der Waals surface area (Å²) in [5.41, 5.74) is 6.51. The van der Waals surface area contributed by atoms with Gasteiger partial charge in [-0.05, 0) is 37.0 Å². The third kappa shape index (κ3) is 4.33. The molecule has 3 N–H and O–H groups in total. The molecule has 1 aliphatic rings. The first-order valence-electron chi connectivity index (χ1n) is 7.09. The number of amides is 1. The lowest BCUT2D eigenvalue weighted by Gasteiger charge is -2.13. The molecule has 0 radical (unpaired) electrons. The topological polar surface area (TPSA) is 73.6 Å². The second-order valence-electron chi connectivity index (χ2n) is 5.06. The highest BCUT2D eigenvalue weighted by Crippen LogP contribution is 2.22. The monoisotopic (exact) mass is 312 g/mol. The molecule has 0 saturated carbocycles. The SMILES string of the molecule is COc1ccc(CCNC(=O)[C@@H]2CC[C@H](CN)O2)c(Cl)c1. The van der Waals surface area contributed by atoms with Crippen LogP contribution in [0.2, 0.25) is 5.02 Å². The van der Waals surface area contributed by atoms with Crippen LogP contribution in [0, 0.1) is 0 Å². The summed E-state index contributed by atoms with van der Waals surface area (Å²) in [6.07, 6.45) is 1.89. The number of hydrogen-bond acceptors (Lipinski definition) is 4. The van der Waals surface area contributed by atoms with Gasteiger partial charge in [0.2, 0.25) is 5.91 Å². The largest absolute Gasteiger partial charge is 0.497 e. The fraction of sp³-hybridized carbons (Fsp3) is 0.533. The smallest absolute Gasteiger partial charge is 0.249 e. The Morgan fingerprint density at radius 3 is 2.95 bits per heavy atom. The summed E-state index contributed by atoms with van der Waals surface area (Å²) in [6, 6.07) is 5.53. The lowest BCUT2D eigenvalue weighted by atomic mass is 10.1. The normalized spacial score (nSPS) is 21.3. The zero-order valence-electron chi connectivity index (χ0n) is 12.1. The van der Waals surface area contributed by atoms with Gasteiger partial charge in [0.25, 0.3) is 0 Å². The van der Waals surface area contributed by atoms with Crippen LogP contribution >= 0.6 is 11.6 Å². The first-order valence-corrected chi connectivity index (χ1v) is 7.47. The fourth-order valence-corrected chi connectivity index (χ4v) is 2.63. The van der Waals surface area contributed by atoms with Crippen molar-refractivity contribution in [2.24, 2.45) is 5.73 Å². The van der Waals surface area contributed by atoms with Crippen molar-refractivity contribution in [1.82, 2.24) is 5.32 Å². The van der Waals surface area contributed by atoms with Crippen molar-refractivity contribution in [2.75, 3.05) is 20.2 Å². The van der Waals surface area contributed by atoms with Gasteiger partial charge >= 0.3 is 0 Å². The van der Waals surface area contributed by atoms with E-state index in [2.05, 4.69) is 5.32 Å². The van der Waals surface area contributed by atoms with E-state index in [9.17, 15) is 4.79 Å². The number of rotatable bonds is 6. The van der Waals surface area contributed by atoms with Gasteiger partial charge in [0.1, 0.15) is 11.9 Å². The zero-order chi connectivity index (χ0) is 15.2. The molecule has 2 rings (SSSR count). The highest BCUT2D eigenvalue weighted by molar-refractivity contribution is 6.31. The Bertz CT molecular complexity index is 496. The van der Waals surface area contributed by atoms with E-state index in [1.165, 1.54) is 0 Å². The molecule has 1 aliphatic heterocycles. The van der Waals surface area contributed by atoms with E-state index in [0.29, 0.717) is 24.5 Å². The molecule has 0 aliphatic carbocycles. The van der Waals surface area contributed by atoms with Crippen molar-refractivity contribution in [2.45, 2.75) is 31.5 Å². The number of methoxy groups -OCH3 is 1. The van der Waals surface area contributed by atoms with Crippen LogP contribution in [-0.2, 0) is 16.0 Å². The van der Waals surface area contributed by atoms with E-state index in [4.69, 9.17) is 26.8 Å². The number of carbonyl (C=O) groups excluding carboxylic acids is 1. The summed E-state index contributed by atoms with van der Waals surface area (Å²) < 4.78 is 10.6. The molecule has 2 atom stereocenters. The first kappa shape index (κ1) is 16.1. The molecule has 1 aromatic rings. The van der Waals surface area contributed by atoms with Crippen molar-refractivity contribution >= 4 is 17.5 Å². The van der Waals surface area contributed by atoms with Crippen LogP contribution in [0.5, 0.6) is 5.75 Å². The molecule has 0 bridgehead atoms. The molecular weight excluding hydrogens is 292 g/mol. The van der Waals surface area contributed by atoms with Gasteiger partial charge in [-0.3, -0.25) is 4.79 Å². The summed E-state index contributed by atoms with van der Waals surface area (Å²) in [5, 5.41) is 3.52. The average Bonchev–Trinajstić information content (AvgIpc) is 2.97. The van der Waals surface area contributed by atoms with Crippen molar-refractivity contribution in [1.29, 1.82) is 0 Å². The van der Waals surface area contributed by atoms with Crippen molar-refractivity contribution in [3.8, 4) is 5.75 Å². The number of benzene rings is 1. The predicted octanol–water partition coefficient (Wildman–Crippen LogP) is 1.51. The minimum Gasteiger partial charge on any atom is -0.497 e. The molecule has 21 heavy (non-hydrogen) atoms. The van der Waals surface area contributed by atoms with Gasteiger partial charge in [-0.1, -0.05) is 17.7 Å². The van der Waals surface area contributed by atoms with Crippen LogP contribution in [0.1, 0.15) is 18.4 Å². The van der Waals surface area contributed by atoms with Gasteiger partial charge in [-0.2, -0.15) is 0 Å². The second kappa shape index (κ2) is 7.64. The number of halogens is 1. The van der Waals surface area contributed by atoms with Crippen LogP contribution < -0.4 is 15.8 Å². The first-order chi connectivity index (χ1) is 10.1. The molecule has 1 fully saturated rings. The molecule has 0 spiro atoms. The zero-order valence-corrected chi connectivity index (χ0v) is 12.9. The summed E-state index contributed by atoms with van der Waals surface area (Å²) in [4.78, 5) is 12.0. The Balaban J connectivity index is 1.78. The quantitative estimate of drug-likeness (QED) is 0.835. The van der Waals surface area contributed by atoms with E-state index in [1.807, 2.05) is 12.1 Å². The van der Waals surface area contributed by atoms with Gasteiger partial charge in [-0.15, -0.1) is 0 Å². The Labute approximate surface area is 129 Å². The van der Waals surface area contributed by atoms with Gasteiger partial charge < -0.3 is 20.5 Å². The lowest BCUT2D eigenvalue weighted by molar-refractivity contribution is -0.131. The van der Waals surface area contributed by atoms with E-state index in [1.54, 1.807) is 13.2 Å². The van der Waals surface area contributed by atoms with E-state index in [-0.39, 0.29) is 18.1 Å². The number of nitrogens with two attached hydrogens (primary N) is 1. The van der Waals surface area contributed by atoms with Crippen LogP contribution in [0.3, 0.4) is 0 Å². The molecule has 1 amide bonds. The minimum absolute atomic E-state index is 0.0109. The van der Waals surface area contributed by atoms with E-state index >= 15 is 0 Å². The second-order valence-corrected chi connectivity index (χ2v) is 5.47. The highest BCUT2D eigenvalue weighted by atomic mass is 35.5. The lowest BCUT2D eigenvalue weighted by Crippen LogP contribution is -2.36. The Morgan fingerprint density at radius 1 is 1.52 bits per heavy atom. The average molecular weight is 313 g/mol. The van der Waals surface area contributed by atoms with Gasteiger partial charge in [0.05, 0.1) is 13.2 Å². The predicted molar refractivity (Wildman–Crippen MR) is 81.7 cm³/mol. The number of nitrogens with one attached hydrogen (secondary N) is 1. The molecule has 0 unspecified atom stereocenters. The summed E-state index contributed by atoms with van der Waals surface area (Å²) in [6.45, 7) is 0.989. The minimum atomic E-state index is -0.370. The van der Waals surface area contributed by atoms with Crippen LogP contribution in [0.25, 0.3) is 0 Å². The highest BCUT2D eigenvalue weighted by Gasteiger charge is 2.29. The molecule has 6 heteroatoms. The van der Waals surface area contributed by atoms with Crippen LogP contribution in [0.4, 0.5) is 0 Å². The van der Waals surface area contributed by atoms with Gasteiger partial charge in [0.15, 0.2) is 0 Å². The van der Waals surface area contributed by atoms with E-state index in [0.717, 1.165) is 24.2 Å². The maximum absolute atomic E-state index is 12.0. The van der Waals surface area contributed by atoms with Crippen molar-refractivity contribution < 1.29 is 14.3 Å². The Kier molecular flexibility index (Phi) is 5.85. The molecule has 1 heterocycles. The van der Waals surface area contributed by atoms with Gasteiger partial charge in [0, 0.05) is 18.1 Å². The Hall–Kier alpha value is -1.30. The van der Waals surface area contributed by atoms with Gasteiger partial charge in [-0.25, -0.2) is 0 Å². The third-order valence-corrected chi connectivity index (χ3v) is 3.97. The van der Waals surface area contributed by atoms with Crippen LogP contribution in [0.15, 0.2) is 18.2 Å².